The minimum absolute atomic E-state index is 0.140. The molecule has 0 N–H and O–H groups in total. The third-order valence-electron chi connectivity index (χ3n) is 7.74. The summed E-state index contributed by atoms with van der Waals surface area (Å²) in [7, 11) is 0. The summed E-state index contributed by atoms with van der Waals surface area (Å²) >= 11 is 0. The number of unbranched alkanes of at least 4 members (excludes halogenated alkanes) is 2. The quantitative estimate of drug-likeness (QED) is 0.207. The van der Waals surface area contributed by atoms with Crippen LogP contribution in [-0.2, 0) is 14.4 Å². The Kier molecular flexibility index (Phi) is 5.28. The molecule has 2 amide bonds. The largest absolute Gasteiger partial charge is 0.426 e. The molecule has 5 nitrogen and oxygen atoms in total. The molecule has 1 heterocycles. The van der Waals surface area contributed by atoms with Crippen molar-refractivity contribution in [3.05, 3.63) is 95.1 Å². The standard InChI is InChI=1S/C30H27NO4/c1-2-3-4-16-24(32)35-19-11-9-10-18(17-19)31-29(33)27-25-20-12-5-6-13-21(20)26(28(27)30(31)34)23-15-8-7-14-22(23)25/h5-15,17,25-28H,2-4,16H2,1H3/t25?,26?,27-,28-/m1/s1. The van der Waals surface area contributed by atoms with Crippen LogP contribution in [0.1, 0.15) is 66.7 Å². The highest BCUT2D eigenvalue weighted by atomic mass is 16.5. The summed E-state index contributed by atoms with van der Waals surface area (Å²) in [6.45, 7) is 2.08. The van der Waals surface area contributed by atoms with Gasteiger partial charge in [0.1, 0.15) is 5.75 Å². The van der Waals surface area contributed by atoms with Crippen LogP contribution in [0.2, 0.25) is 0 Å². The van der Waals surface area contributed by atoms with Gasteiger partial charge in [-0.05, 0) is 40.8 Å². The lowest BCUT2D eigenvalue weighted by atomic mass is 9.55. The number of rotatable bonds is 6. The minimum Gasteiger partial charge on any atom is -0.426 e. The number of esters is 1. The Bertz CT molecular complexity index is 1230. The Morgan fingerprint density at radius 2 is 1.31 bits per heavy atom. The van der Waals surface area contributed by atoms with Gasteiger partial charge in [0.15, 0.2) is 0 Å². The van der Waals surface area contributed by atoms with Gasteiger partial charge in [0.05, 0.1) is 17.5 Å². The van der Waals surface area contributed by atoms with Crippen LogP contribution in [-0.4, -0.2) is 17.8 Å². The fourth-order valence-electron chi connectivity index (χ4n) is 6.32. The number of carbonyl (C=O) groups is 3. The van der Waals surface area contributed by atoms with Gasteiger partial charge in [0.2, 0.25) is 11.8 Å². The summed E-state index contributed by atoms with van der Waals surface area (Å²) < 4.78 is 5.52. The van der Waals surface area contributed by atoms with Gasteiger partial charge in [-0.1, -0.05) is 74.4 Å². The maximum atomic E-state index is 13.9. The first-order valence-electron chi connectivity index (χ1n) is 12.5. The summed E-state index contributed by atoms with van der Waals surface area (Å²) in [5, 5.41) is 0. The molecule has 5 heteroatoms. The van der Waals surface area contributed by atoms with E-state index < -0.39 is 11.8 Å². The molecule has 3 aliphatic carbocycles. The third-order valence-corrected chi connectivity index (χ3v) is 7.74. The molecule has 0 spiro atoms. The smallest absolute Gasteiger partial charge is 0.311 e. The van der Waals surface area contributed by atoms with Crippen molar-refractivity contribution in [2.75, 3.05) is 4.90 Å². The highest BCUT2D eigenvalue weighted by Gasteiger charge is 2.61. The van der Waals surface area contributed by atoms with E-state index in [9.17, 15) is 14.4 Å². The lowest BCUT2D eigenvalue weighted by Gasteiger charge is -2.45. The van der Waals surface area contributed by atoms with Crippen LogP contribution in [0.15, 0.2) is 72.8 Å². The first-order chi connectivity index (χ1) is 17.1. The Labute approximate surface area is 204 Å². The Morgan fingerprint density at radius 1 is 0.771 bits per heavy atom. The fourth-order valence-corrected chi connectivity index (χ4v) is 6.32. The first kappa shape index (κ1) is 21.8. The zero-order chi connectivity index (χ0) is 24.1. The molecule has 2 atom stereocenters. The number of imide groups is 1. The first-order valence-corrected chi connectivity index (χ1v) is 12.5. The number of nitrogens with zero attached hydrogens (tertiary/aromatic N) is 1. The Balaban J connectivity index is 1.35. The van der Waals surface area contributed by atoms with Gasteiger partial charge in [-0.15, -0.1) is 0 Å². The van der Waals surface area contributed by atoms with Gasteiger partial charge in [0, 0.05) is 24.3 Å². The van der Waals surface area contributed by atoms with E-state index in [1.807, 2.05) is 24.3 Å². The summed E-state index contributed by atoms with van der Waals surface area (Å²) in [5.74, 6) is -1.44. The van der Waals surface area contributed by atoms with Crippen LogP contribution in [0.25, 0.3) is 0 Å². The summed E-state index contributed by atoms with van der Waals surface area (Å²) in [6, 6.07) is 23.2. The molecule has 3 aromatic carbocycles. The lowest BCUT2D eigenvalue weighted by Crippen LogP contribution is -2.41. The highest BCUT2D eigenvalue weighted by molar-refractivity contribution is 6.23. The van der Waals surface area contributed by atoms with Crippen molar-refractivity contribution < 1.29 is 19.1 Å². The fraction of sp³-hybridized carbons (Fsp3) is 0.300. The average molecular weight is 466 g/mol. The van der Waals surface area contributed by atoms with E-state index in [4.69, 9.17) is 4.74 Å². The van der Waals surface area contributed by atoms with Crippen LogP contribution >= 0.6 is 0 Å². The number of ether oxygens (including phenoxy) is 1. The number of benzene rings is 3. The predicted molar refractivity (Wildman–Crippen MR) is 132 cm³/mol. The molecular weight excluding hydrogens is 438 g/mol. The van der Waals surface area contributed by atoms with Gasteiger partial charge < -0.3 is 4.74 Å². The SMILES string of the molecule is CCCCCC(=O)Oc1cccc(N2C(=O)[C@@H]3C4c5ccccc5C(c5ccccc54)[C@H]3C2=O)c1. The van der Waals surface area contributed by atoms with Gasteiger partial charge in [-0.2, -0.15) is 0 Å². The second-order valence-corrected chi connectivity index (χ2v) is 9.71. The van der Waals surface area contributed by atoms with Crippen LogP contribution in [0.4, 0.5) is 5.69 Å². The minimum atomic E-state index is -0.433. The van der Waals surface area contributed by atoms with E-state index in [-0.39, 0.29) is 29.6 Å². The van der Waals surface area contributed by atoms with Gasteiger partial charge >= 0.3 is 5.97 Å². The van der Waals surface area contributed by atoms with Crippen molar-refractivity contribution >= 4 is 23.5 Å². The number of anilines is 1. The Morgan fingerprint density at radius 3 is 1.83 bits per heavy atom. The molecule has 1 saturated heterocycles. The van der Waals surface area contributed by atoms with Crippen molar-refractivity contribution in [1.82, 2.24) is 0 Å². The van der Waals surface area contributed by atoms with E-state index in [0.29, 0.717) is 17.9 Å². The second-order valence-electron chi connectivity index (χ2n) is 9.71. The van der Waals surface area contributed by atoms with Crippen molar-refractivity contribution in [2.45, 2.75) is 44.4 Å². The monoisotopic (exact) mass is 465 g/mol. The predicted octanol–water partition coefficient (Wildman–Crippen LogP) is 5.57. The molecule has 0 aromatic heterocycles. The molecule has 0 unspecified atom stereocenters. The summed E-state index contributed by atoms with van der Waals surface area (Å²) in [6.07, 6.45) is 3.14. The molecule has 2 bridgehead atoms. The maximum absolute atomic E-state index is 13.9. The number of hydrogen-bond acceptors (Lipinski definition) is 4. The molecule has 1 aliphatic heterocycles. The van der Waals surface area contributed by atoms with Crippen LogP contribution < -0.4 is 9.64 Å². The van der Waals surface area contributed by atoms with E-state index in [0.717, 1.165) is 41.5 Å². The molecule has 35 heavy (non-hydrogen) atoms. The molecule has 7 rings (SSSR count). The Hall–Kier alpha value is -3.73. The van der Waals surface area contributed by atoms with Crippen LogP contribution in [0.3, 0.4) is 0 Å². The van der Waals surface area contributed by atoms with E-state index in [2.05, 4.69) is 31.2 Å². The summed E-state index contributed by atoms with van der Waals surface area (Å²) in [4.78, 5) is 41.3. The van der Waals surface area contributed by atoms with Crippen molar-refractivity contribution in [3.63, 3.8) is 0 Å². The number of hydrogen-bond donors (Lipinski definition) is 0. The van der Waals surface area contributed by atoms with Crippen molar-refractivity contribution in [1.29, 1.82) is 0 Å². The molecule has 176 valence electrons. The van der Waals surface area contributed by atoms with Crippen LogP contribution in [0.5, 0.6) is 5.75 Å². The number of carbonyl (C=O) groups excluding carboxylic acids is 3. The van der Waals surface area contributed by atoms with E-state index in [1.165, 1.54) is 4.90 Å². The van der Waals surface area contributed by atoms with E-state index in [1.54, 1.807) is 24.3 Å². The second kappa shape index (κ2) is 8.49. The van der Waals surface area contributed by atoms with E-state index >= 15 is 0 Å². The van der Waals surface area contributed by atoms with Gasteiger partial charge in [0.25, 0.3) is 0 Å². The van der Waals surface area contributed by atoms with Gasteiger partial charge in [-0.25, -0.2) is 4.90 Å². The zero-order valence-electron chi connectivity index (χ0n) is 19.6. The zero-order valence-corrected chi connectivity index (χ0v) is 19.6. The van der Waals surface area contributed by atoms with Gasteiger partial charge in [-0.3, -0.25) is 14.4 Å². The topological polar surface area (TPSA) is 63.7 Å². The third kappa shape index (κ3) is 3.33. The maximum Gasteiger partial charge on any atom is 0.311 e. The normalized spacial score (nSPS) is 23.6. The van der Waals surface area contributed by atoms with Crippen molar-refractivity contribution in [3.8, 4) is 5.75 Å². The van der Waals surface area contributed by atoms with Crippen LogP contribution in [0, 0.1) is 11.8 Å². The lowest BCUT2D eigenvalue weighted by molar-refractivity contribution is -0.134. The van der Waals surface area contributed by atoms with Crippen molar-refractivity contribution in [2.24, 2.45) is 11.8 Å². The highest BCUT2D eigenvalue weighted by Crippen LogP contribution is 2.61. The molecule has 4 aliphatic rings. The molecule has 0 saturated carbocycles. The molecule has 3 aromatic rings. The molecular formula is C30H27NO4. The molecule has 0 radical (unpaired) electrons. The summed E-state index contributed by atoms with van der Waals surface area (Å²) in [5.41, 5.74) is 5.05. The average Bonchev–Trinajstić information content (AvgIpc) is 3.15. The number of amides is 2. The molecule has 1 fully saturated rings.